The molecule has 1 N–H and O–H groups in total. The summed E-state index contributed by atoms with van der Waals surface area (Å²) in [6, 6.07) is 12.8. The quantitative estimate of drug-likeness (QED) is 0.683. The third-order valence-electron chi connectivity index (χ3n) is 4.26. The van der Waals surface area contributed by atoms with E-state index in [2.05, 4.69) is 30.3 Å². The fraction of sp³-hybridized carbons (Fsp3) is 0.333. The van der Waals surface area contributed by atoms with Crippen molar-refractivity contribution in [3.63, 3.8) is 0 Å². The average Bonchev–Trinajstić information content (AvgIpc) is 3.00. The summed E-state index contributed by atoms with van der Waals surface area (Å²) >= 11 is 3.03. The van der Waals surface area contributed by atoms with Crippen molar-refractivity contribution in [2.45, 2.75) is 30.3 Å². The van der Waals surface area contributed by atoms with Gasteiger partial charge in [0.1, 0.15) is 4.90 Å². The first kappa shape index (κ1) is 21.1. The molecule has 5 nitrogen and oxygen atoms in total. The summed E-state index contributed by atoms with van der Waals surface area (Å²) in [5.74, 6) is -0.770. The van der Waals surface area contributed by atoms with Gasteiger partial charge in [-0.05, 0) is 30.2 Å². The minimum atomic E-state index is -5.00. The van der Waals surface area contributed by atoms with E-state index in [9.17, 15) is 21.6 Å². The van der Waals surface area contributed by atoms with E-state index in [1.807, 2.05) is 30.3 Å². The number of hydrogen-bond acceptors (Lipinski definition) is 4. The zero-order valence-electron chi connectivity index (χ0n) is 14.6. The Morgan fingerprint density at radius 3 is 2.57 bits per heavy atom. The summed E-state index contributed by atoms with van der Waals surface area (Å²) in [6.45, 7) is 1.84. The maximum Gasteiger partial charge on any atom is 0.573 e. The van der Waals surface area contributed by atoms with E-state index in [0.717, 1.165) is 17.7 Å². The number of likely N-dealkylation sites (tertiary alicyclic amines) is 1. The highest BCUT2D eigenvalue weighted by atomic mass is 79.9. The van der Waals surface area contributed by atoms with Crippen molar-refractivity contribution in [2.75, 3.05) is 13.1 Å². The third-order valence-corrected chi connectivity index (χ3v) is 6.32. The van der Waals surface area contributed by atoms with Gasteiger partial charge in [0.2, 0.25) is 10.0 Å². The van der Waals surface area contributed by atoms with Gasteiger partial charge >= 0.3 is 6.36 Å². The molecule has 1 aliphatic rings. The molecule has 1 atom stereocenters. The minimum Gasteiger partial charge on any atom is -0.404 e. The van der Waals surface area contributed by atoms with E-state index >= 15 is 0 Å². The molecule has 1 saturated heterocycles. The lowest BCUT2D eigenvalue weighted by Gasteiger charge is -2.18. The second kappa shape index (κ2) is 8.40. The van der Waals surface area contributed by atoms with Gasteiger partial charge in [-0.1, -0.05) is 46.3 Å². The molecule has 1 fully saturated rings. The molecule has 0 spiro atoms. The van der Waals surface area contributed by atoms with Gasteiger partial charge in [0.15, 0.2) is 5.75 Å². The Morgan fingerprint density at radius 2 is 1.89 bits per heavy atom. The number of halogens is 4. The fourth-order valence-electron chi connectivity index (χ4n) is 3.11. The number of nitrogens with zero attached hydrogens (tertiary/aromatic N) is 1. The van der Waals surface area contributed by atoms with E-state index in [4.69, 9.17) is 0 Å². The first-order valence-electron chi connectivity index (χ1n) is 8.46. The summed E-state index contributed by atoms with van der Waals surface area (Å²) in [4.78, 5) is 1.55. The molecule has 0 aromatic heterocycles. The van der Waals surface area contributed by atoms with Crippen LogP contribution in [0.25, 0.3) is 0 Å². The summed E-state index contributed by atoms with van der Waals surface area (Å²) in [6.07, 6.45) is -4.43. The van der Waals surface area contributed by atoms with Crippen LogP contribution in [0.2, 0.25) is 0 Å². The minimum absolute atomic E-state index is 0.278. The largest absolute Gasteiger partial charge is 0.573 e. The average molecular weight is 479 g/mol. The maximum atomic E-state index is 12.7. The zero-order chi connectivity index (χ0) is 20.4. The number of sulfonamides is 1. The predicted molar refractivity (Wildman–Crippen MR) is 101 cm³/mol. The molecule has 1 heterocycles. The van der Waals surface area contributed by atoms with Crippen LogP contribution in [-0.2, 0) is 16.6 Å². The second-order valence-corrected chi connectivity index (χ2v) is 9.06. The summed E-state index contributed by atoms with van der Waals surface area (Å²) in [5, 5.41) is 0. The van der Waals surface area contributed by atoms with Crippen molar-refractivity contribution in [2.24, 2.45) is 0 Å². The Bertz CT molecular complexity index is 923. The topological polar surface area (TPSA) is 58.6 Å². The Labute approximate surface area is 169 Å². The Kier molecular flexibility index (Phi) is 6.33. The molecule has 0 saturated carbocycles. The predicted octanol–water partition coefficient (Wildman–Crippen LogP) is 3.90. The van der Waals surface area contributed by atoms with Gasteiger partial charge < -0.3 is 4.74 Å². The lowest BCUT2D eigenvalue weighted by atomic mass is 10.2. The van der Waals surface area contributed by atoms with Gasteiger partial charge in [0.25, 0.3) is 0 Å². The van der Waals surface area contributed by atoms with Crippen molar-refractivity contribution in [1.29, 1.82) is 0 Å². The van der Waals surface area contributed by atoms with Gasteiger partial charge in [-0.25, -0.2) is 13.1 Å². The van der Waals surface area contributed by atoms with Crippen molar-refractivity contribution in [1.82, 2.24) is 9.62 Å². The number of nitrogens with one attached hydrogen (secondary N) is 1. The van der Waals surface area contributed by atoms with Crippen LogP contribution in [0.3, 0.4) is 0 Å². The number of hydrogen-bond donors (Lipinski definition) is 1. The van der Waals surface area contributed by atoms with E-state index < -0.39 is 33.1 Å². The standard InChI is InChI=1S/C18H18BrF3N2O3S/c19-14-6-7-17(16(10-14)27-18(20,21)22)28(25,26)23-15-8-9-24(12-15)11-13-4-2-1-3-5-13/h1-7,10,15,23H,8-9,11-12H2. The van der Waals surface area contributed by atoms with E-state index in [0.29, 0.717) is 26.1 Å². The van der Waals surface area contributed by atoms with Crippen LogP contribution in [-0.4, -0.2) is 38.8 Å². The molecule has 3 rings (SSSR count). The normalized spacial score (nSPS) is 18.4. The lowest BCUT2D eigenvalue weighted by Crippen LogP contribution is -2.37. The van der Waals surface area contributed by atoms with Gasteiger partial charge in [-0.2, -0.15) is 0 Å². The first-order chi connectivity index (χ1) is 13.1. The Morgan fingerprint density at radius 1 is 1.18 bits per heavy atom. The Hall–Kier alpha value is -1.62. The lowest BCUT2D eigenvalue weighted by molar-refractivity contribution is -0.275. The van der Waals surface area contributed by atoms with Gasteiger partial charge in [0.05, 0.1) is 0 Å². The molecule has 2 aromatic rings. The SMILES string of the molecule is O=S(=O)(NC1CCN(Cc2ccccc2)C1)c1ccc(Br)cc1OC(F)(F)F. The zero-order valence-corrected chi connectivity index (χ0v) is 17.0. The highest BCUT2D eigenvalue weighted by Crippen LogP contribution is 2.32. The molecule has 28 heavy (non-hydrogen) atoms. The molecule has 1 unspecified atom stereocenters. The second-order valence-electron chi connectivity index (χ2n) is 6.47. The van der Waals surface area contributed by atoms with Gasteiger partial charge in [-0.3, -0.25) is 4.90 Å². The van der Waals surface area contributed by atoms with E-state index in [1.54, 1.807) is 0 Å². The summed E-state index contributed by atoms with van der Waals surface area (Å²) in [7, 11) is -4.18. The van der Waals surface area contributed by atoms with Gasteiger partial charge in [-0.15, -0.1) is 13.2 Å². The third kappa shape index (κ3) is 5.69. The number of benzene rings is 2. The monoisotopic (exact) mass is 478 g/mol. The van der Waals surface area contributed by atoms with E-state index in [-0.39, 0.29) is 4.47 Å². The molecule has 152 valence electrons. The Balaban J connectivity index is 1.71. The van der Waals surface area contributed by atoms with Crippen molar-refractivity contribution >= 4 is 26.0 Å². The molecule has 10 heteroatoms. The molecule has 1 aliphatic heterocycles. The summed E-state index contributed by atoms with van der Waals surface area (Å²) in [5.41, 5.74) is 1.11. The van der Waals surface area contributed by atoms with Gasteiger partial charge in [0, 0.05) is 30.1 Å². The van der Waals surface area contributed by atoms with Crippen molar-refractivity contribution in [3.8, 4) is 5.75 Å². The van der Waals surface area contributed by atoms with Crippen LogP contribution in [0.1, 0.15) is 12.0 Å². The highest BCUT2D eigenvalue weighted by molar-refractivity contribution is 9.10. The molecule has 0 bridgehead atoms. The molecular weight excluding hydrogens is 461 g/mol. The van der Waals surface area contributed by atoms with Crippen LogP contribution >= 0.6 is 15.9 Å². The molecule has 0 amide bonds. The smallest absolute Gasteiger partial charge is 0.404 e. The molecular formula is C18H18BrF3N2O3S. The van der Waals surface area contributed by atoms with Crippen molar-refractivity contribution in [3.05, 3.63) is 58.6 Å². The molecule has 0 radical (unpaired) electrons. The van der Waals surface area contributed by atoms with Crippen LogP contribution in [0.15, 0.2) is 57.9 Å². The van der Waals surface area contributed by atoms with Crippen LogP contribution in [0.5, 0.6) is 5.75 Å². The van der Waals surface area contributed by atoms with Crippen molar-refractivity contribution < 1.29 is 26.3 Å². The fourth-order valence-corrected chi connectivity index (χ4v) is 4.82. The first-order valence-corrected chi connectivity index (χ1v) is 10.7. The maximum absolute atomic E-state index is 12.7. The number of alkyl halides is 3. The van der Waals surface area contributed by atoms with E-state index in [1.165, 1.54) is 6.07 Å². The number of ether oxygens (including phenoxy) is 1. The summed E-state index contributed by atoms with van der Waals surface area (Å²) < 4.78 is 70.0. The number of rotatable bonds is 6. The van der Waals surface area contributed by atoms with Crippen LogP contribution in [0.4, 0.5) is 13.2 Å². The van der Waals surface area contributed by atoms with Crippen LogP contribution < -0.4 is 9.46 Å². The van der Waals surface area contributed by atoms with Crippen LogP contribution in [0, 0.1) is 0 Å². The highest BCUT2D eigenvalue weighted by Gasteiger charge is 2.35. The molecule has 0 aliphatic carbocycles. The molecule has 2 aromatic carbocycles.